The van der Waals surface area contributed by atoms with Gasteiger partial charge in [0.05, 0.1) is 18.6 Å². The minimum atomic E-state index is -1.06. The molecule has 1 saturated heterocycles. The van der Waals surface area contributed by atoms with E-state index in [1.807, 2.05) is 12.1 Å². The van der Waals surface area contributed by atoms with Gasteiger partial charge in [0, 0.05) is 52.4 Å². The molecule has 4 aromatic rings. The highest BCUT2D eigenvalue weighted by Crippen LogP contribution is 2.40. The average molecular weight is 631 g/mol. The summed E-state index contributed by atoms with van der Waals surface area (Å²) in [5.41, 5.74) is 5.35. The van der Waals surface area contributed by atoms with Gasteiger partial charge in [-0.3, -0.25) is 14.9 Å². The molecule has 44 heavy (non-hydrogen) atoms. The van der Waals surface area contributed by atoms with Gasteiger partial charge in [0.25, 0.3) is 11.8 Å². The highest BCUT2D eigenvalue weighted by Gasteiger charge is 2.42. The number of nitrogens with zero attached hydrogens (tertiary/aromatic N) is 5. The first-order valence-corrected chi connectivity index (χ1v) is 16.5. The maximum atomic E-state index is 14.3. The Hall–Kier alpha value is -3.60. The van der Waals surface area contributed by atoms with Gasteiger partial charge in [0.2, 0.25) is 0 Å². The van der Waals surface area contributed by atoms with Crippen LogP contribution in [0.15, 0.2) is 54.3 Å². The first-order chi connectivity index (χ1) is 21.4. The Morgan fingerprint density at radius 1 is 1.07 bits per heavy atom. The molecule has 8 rings (SSSR count). The SMILES string of the molecule is O=C(Nc1nccs1)C(c1ncn2c1CC(F)C2)N1Cc2c(Cl)cc(-c3ccc(C4CCN(C5CC5)CC4)cc3)cc2C1=O. The number of anilines is 1. The lowest BCUT2D eigenvalue weighted by Crippen LogP contribution is -2.38. The normalized spacial score (nSPS) is 21.0. The highest BCUT2D eigenvalue weighted by molar-refractivity contribution is 7.13. The lowest BCUT2D eigenvalue weighted by Gasteiger charge is -2.32. The maximum absolute atomic E-state index is 14.3. The summed E-state index contributed by atoms with van der Waals surface area (Å²) >= 11 is 8.11. The van der Waals surface area contributed by atoms with Gasteiger partial charge in [-0.1, -0.05) is 35.9 Å². The summed E-state index contributed by atoms with van der Waals surface area (Å²) in [7, 11) is 0. The molecule has 1 N–H and O–H groups in total. The Kier molecular flexibility index (Phi) is 7.03. The topological polar surface area (TPSA) is 83.4 Å². The second kappa shape index (κ2) is 11.1. The van der Waals surface area contributed by atoms with Gasteiger partial charge in [-0.15, -0.1) is 11.3 Å². The standard InChI is InChI=1S/C33H32ClFN6O2S/c34-27-14-22(20-3-1-19(2-4-20)21-7-10-39(11-8-21)24-5-6-24)13-25-26(27)17-41(32(25)43)30(31(42)38-33-36-9-12-44-33)29-28-15-23(35)16-40(28)18-37-29/h1-4,9,12-14,18,21,23-24,30H,5-8,10-11,15-17H2,(H,36,38,42). The van der Waals surface area contributed by atoms with Gasteiger partial charge >= 0.3 is 0 Å². The van der Waals surface area contributed by atoms with E-state index in [1.54, 1.807) is 22.5 Å². The minimum Gasteiger partial charge on any atom is -0.331 e. The average Bonchev–Trinajstić information content (AvgIpc) is 3.26. The molecule has 2 unspecified atom stereocenters. The highest BCUT2D eigenvalue weighted by atomic mass is 35.5. The van der Waals surface area contributed by atoms with Crippen molar-refractivity contribution in [3.8, 4) is 11.1 Å². The molecule has 2 amide bonds. The molecule has 2 aromatic heterocycles. The van der Waals surface area contributed by atoms with Crippen molar-refractivity contribution in [1.29, 1.82) is 0 Å². The number of halogens is 2. The zero-order valence-corrected chi connectivity index (χ0v) is 25.7. The van der Waals surface area contributed by atoms with Crippen LogP contribution in [0.2, 0.25) is 5.02 Å². The first-order valence-electron chi connectivity index (χ1n) is 15.3. The van der Waals surface area contributed by atoms with Crippen LogP contribution < -0.4 is 5.32 Å². The number of benzene rings is 2. The van der Waals surface area contributed by atoms with E-state index in [0.29, 0.717) is 38.6 Å². The molecule has 2 atom stereocenters. The summed E-state index contributed by atoms with van der Waals surface area (Å²) in [6, 6.07) is 12.2. The van der Waals surface area contributed by atoms with Gasteiger partial charge in [0.15, 0.2) is 11.2 Å². The fourth-order valence-electron chi connectivity index (χ4n) is 7.14. The van der Waals surface area contributed by atoms with Crippen LogP contribution in [0.25, 0.3) is 11.1 Å². The molecule has 1 aliphatic carbocycles. The third-order valence-electron chi connectivity index (χ3n) is 9.59. The lowest BCUT2D eigenvalue weighted by atomic mass is 9.88. The number of nitrogens with one attached hydrogen (secondary N) is 1. The van der Waals surface area contributed by atoms with Crippen LogP contribution in [0, 0.1) is 0 Å². The van der Waals surface area contributed by atoms with Crippen molar-refractivity contribution in [3.05, 3.63) is 87.4 Å². The molecule has 0 spiro atoms. The van der Waals surface area contributed by atoms with E-state index < -0.39 is 18.1 Å². The molecule has 11 heteroatoms. The van der Waals surface area contributed by atoms with Crippen molar-refractivity contribution in [2.75, 3.05) is 18.4 Å². The number of fused-ring (bicyclic) bond motifs is 2. The van der Waals surface area contributed by atoms with Crippen molar-refractivity contribution in [2.24, 2.45) is 0 Å². The quantitative estimate of drug-likeness (QED) is 0.262. The Bertz CT molecular complexity index is 1730. The van der Waals surface area contributed by atoms with Gasteiger partial charge in [0.1, 0.15) is 6.17 Å². The summed E-state index contributed by atoms with van der Waals surface area (Å²) in [5.74, 6) is -0.180. The number of piperidine rings is 1. The van der Waals surface area contributed by atoms with Crippen molar-refractivity contribution in [2.45, 2.75) is 69.4 Å². The van der Waals surface area contributed by atoms with Crippen molar-refractivity contribution < 1.29 is 14.0 Å². The zero-order chi connectivity index (χ0) is 29.9. The van der Waals surface area contributed by atoms with E-state index in [0.717, 1.165) is 17.2 Å². The fraction of sp³-hybridized carbons (Fsp3) is 0.394. The van der Waals surface area contributed by atoms with E-state index in [4.69, 9.17) is 11.6 Å². The Morgan fingerprint density at radius 2 is 1.86 bits per heavy atom. The molecule has 4 aliphatic rings. The Labute approximate surface area is 263 Å². The third-order valence-corrected chi connectivity index (χ3v) is 10.6. The van der Waals surface area contributed by atoms with E-state index in [9.17, 15) is 14.0 Å². The van der Waals surface area contributed by atoms with Crippen molar-refractivity contribution in [3.63, 3.8) is 0 Å². The number of carbonyl (C=O) groups is 2. The van der Waals surface area contributed by atoms with Gasteiger partial charge in [-0.25, -0.2) is 14.4 Å². The minimum absolute atomic E-state index is 0.145. The number of rotatable bonds is 7. The molecule has 3 aliphatic heterocycles. The lowest BCUT2D eigenvalue weighted by molar-refractivity contribution is -0.121. The van der Waals surface area contributed by atoms with Crippen LogP contribution in [0.4, 0.5) is 9.52 Å². The molecule has 2 fully saturated rings. The predicted molar refractivity (Wildman–Crippen MR) is 168 cm³/mol. The van der Waals surface area contributed by atoms with Crippen LogP contribution >= 0.6 is 22.9 Å². The number of amides is 2. The molecule has 1 saturated carbocycles. The maximum Gasteiger partial charge on any atom is 0.255 e. The number of alkyl halides is 1. The number of hydrogen-bond acceptors (Lipinski definition) is 6. The second-order valence-electron chi connectivity index (χ2n) is 12.3. The smallest absolute Gasteiger partial charge is 0.255 e. The second-order valence-corrected chi connectivity index (χ2v) is 13.6. The van der Waals surface area contributed by atoms with E-state index in [2.05, 4.69) is 44.5 Å². The van der Waals surface area contributed by atoms with Gasteiger partial charge in [-0.2, -0.15) is 0 Å². The third kappa shape index (κ3) is 5.02. The first kappa shape index (κ1) is 27.9. The molecule has 0 radical (unpaired) electrons. The molecular weight excluding hydrogens is 599 g/mol. The summed E-state index contributed by atoms with van der Waals surface area (Å²) in [5, 5.41) is 5.48. The molecular formula is C33H32ClFN6O2S. The molecule has 0 bridgehead atoms. The van der Waals surface area contributed by atoms with Gasteiger partial charge in [-0.05, 0) is 73.5 Å². The van der Waals surface area contributed by atoms with Crippen LogP contribution in [0.1, 0.15) is 70.5 Å². The fourth-order valence-corrected chi connectivity index (χ4v) is 7.95. The van der Waals surface area contributed by atoms with Crippen molar-refractivity contribution >= 4 is 39.9 Å². The molecule has 5 heterocycles. The van der Waals surface area contributed by atoms with Gasteiger partial charge < -0.3 is 14.4 Å². The molecule has 226 valence electrons. The number of carbonyl (C=O) groups excluding carboxylic acids is 2. The number of hydrogen-bond donors (Lipinski definition) is 1. The molecule has 8 nitrogen and oxygen atoms in total. The van der Waals surface area contributed by atoms with E-state index >= 15 is 0 Å². The van der Waals surface area contributed by atoms with E-state index in [1.165, 1.54) is 60.6 Å². The largest absolute Gasteiger partial charge is 0.331 e. The molecule has 2 aromatic carbocycles. The summed E-state index contributed by atoms with van der Waals surface area (Å²) < 4.78 is 16.1. The van der Waals surface area contributed by atoms with Crippen molar-refractivity contribution in [1.82, 2.24) is 24.3 Å². The predicted octanol–water partition coefficient (Wildman–Crippen LogP) is 6.23. The Morgan fingerprint density at radius 3 is 2.59 bits per heavy atom. The van der Waals surface area contributed by atoms with Crippen LogP contribution in [0.3, 0.4) is 0 Å². The number of imidazole rings is 1. The van der Waals surface area contributed by atoms with Crippen LogP contribution in [0.5, 0.6) is 0 Å². The summed E-state index contributed by atoms with van der Waals surface area (Å²) in [4.78, 5) is 40.6. The van der Waals surface area contributed by atoms with Crippen LogP contribution in [-0.4, -0.2) is 61.5 Å². The number of likely N-dealkylation sites (tertiary alicyclic amines) is 1. The zero-order valence-electron chi connectivity index (χ0n) is 24.1. The van der Waals surface area contributed by atoms with E-state index in [-0.39, 0.29) is 25.4 Å². The summed E-state index contributed by atoms with van der Waals surface area (Å²) in [6.07, 6.45) is 7.32. The Balaban J connectivity index is 1.06. The summed E-state index contributed by atoms with van der Waals surface area (Å²) in [6.45, 7) is 2.68. The number of aromatic nitrogens is 3. The number of thiazole rings is 1. The monoisotopic (exact) mass is 630 g/mol. The van der Waals surface area contributed by atoms with Crippen LogP contribution in [-0.2, 0) is 24.3 Å².